The summed E-state index contributed by atoms with van der Waals surface area (Å²) in [6, 6.07) is 4.15. The molecule has 1 amide bonds. The third kappa shape index (κ3) is 3.75. The van der Waals surface area contributed by atoms with Crippen molar-refractivity contribution < 1.29 is 23.6 Å². The summed E-state index contributed by atoms with van der Waals surface area (Å²) in [5.74, 6) is -0.110. The summed E-state index contributed by atoms with van der Waals surface area (Å²) in [4.78, 5) is 14.7. The molecule has 146 valence electrons. The number of nitrogens with zero attached hydrogens (tertiary/aromatic N) is 2. The molecule has 8 heteroatoms. The van der Waals surface area contributed by atoms with Gasteiger partial charge < -0.3 is 24.6 Å². The molecule has 0 radical (unpaired) electrons. The van der Waals surface area contributed by atoms with Gasteiger partial charge in [0.25, 0.3) is 5.91 Å². The van der Waals surface area contributed by atoms with E-state index in [-0.39, 0.29) is 41.5 Å². The number of nitrogens with one attached hydrogen (secondary N) is 1. The molecule has 1 aromatic heterocycles. The largest absolute Gasteiger partial charge is 0.494 e. The van der Waals surface area contributed by atoms with Crippen LogP contribution in [0.4, 0.5) is 10.2 Å². The van der Waals surface area contributed by atoms with E-state index < -0.39 is 5.82 Å². The maximum atomic E-state index is 13.7. The van der Waals surface area contributed by atoms with E-state index in [4.69, 9.17) is 9.26 Å². The molecule has 1 saturated carbocycles. The number of methoxy groups -OCH3 is 1. The van der Waals surface area contributed by atoms with Crippen molar-refractivity contribution in [2.75, 3.05) is 32.7 Å². The molecule has 0 bridgehead atoms. The second-order valence-corrected chi connectivity index (χ2v) is 6.91. The highest BCUT2D eigenvalue weighted by Crippen LogP contribution is 2.34. The summed E-state index contributed by atoms with van der Waals surface area (Å²) in [6.45, 7) is 0.0388. The van der Waals surface area contributed by atoms with Gasteiger partial charge in [0.05, 0.1) is 7.11 Å². The molecule has 7 nitrogen and oxygen atoms in total. The van der Waals surface area contributed by atoms with Crippen LogP contribution < -0.4 is 15.0 Å². The molecule has 0 aliphatic heterocycles. The third-order valence-corrected chi connectivity index (χ3v) is 4.95. The van der Waals surface area contributed by atoms with Crippen molar-refractivity contribution in [1.29, 1.82) is 0 Å². The van der Waals surface area contributed by atoms with Crippen molar-refractivity contribution in [2.45, 2.75) is 25.3 Å². The topological polar surface area (TPSA) is 87.8 Å². The summed E-state index contributed by atoms with van der Waals surface area (Å²) < 4.78 is 24.2. The lowest BCUT2D eigenvalue weighted by Crippen LogP contribution is -2.39. The van der Waals surface area contributed by atoms with Gasteiger partial charge >= 0.3 is 0 Å². The monoisotopic (exact) mass is 377 g/mol. The maximum absolute atomic E-state index is 13.7. The number of halogens is 1. The van der Waals surface area contributed by atoms with Gasteiger partial charge in [0.15, 0.2) is 23.1 Å². The first-order valence-electron chi connectivity index (χ1n) is 8.88. The van der Waals surface area contributed by atoms with Crippen LogP contribution >= 0.6 is 0 Å². The molecular formula is C19H24FN3O4. The highest BCUT2D eigenvalue weighted by atomic mass is 19.1. The van der Waals surface area contributed by atoms with Gasteiger partial charge in [-0.3, -0.25) is 4.79 Å². The number of amides is 1. The van der Waals surface area contributed by atoms with Crippen LogP contribution in [0.1, 0.15) is 29.6 Å². The molecule has 2 aromatic rings. The second kappa shape index (κ2) is 7.96. The molecular weight excluding hydrogens is 353 g/mol. The van der Waals surface area contributed by atoms with Crippen LogP contribution in [-0.2, 0) is 0 Å². The van der Waals surface area contributed by atoms with E-state index in [1.165, 1.54) is 25.3 Å². The summed E-state index contributed by atoms with van der Waals surface area (Å²) in [5.41, 5.74) is 0.765. The molecule has 2 atom stereocenters. The smallest absolute Gasteiger partial charge is 0.259 e. The number of aromatic nitrogens is 1. The summed E-state index contributed by atoms with van der Waals surface area (Å²) >= 11 is 0. The second-order valence-electron chi connectivity index (χ2n) is 6.91. The average Bonchev–Trinajstić information content (AvgIpc) is 3.28. The van der Waals surface area contributed by atoms with E-state index in [0.29, 0.717) is 11.4 Å². The van der Waals surface area contributed by atoms with Gasteiger partial charge in [-0.1, -0.05) is 11.6 Å². The molecule has 1 aliphatic rings. The van der Waals surface area contributed by atoms with Crippen molar-refractivity contribution in [1.82, 2.24) is 10.5 Å². The van der Waals surface area contributed by atoms with Gasteiger partial charge in [-0.2, -0.15) is 0 Å². The van der Waals surface area contributed by atoms with Gasteiger partial charge in [0, 0.05) is 38.2 Å². The van der Waals surface area contributed by atoms with E-state index in [1.54, 1.807) is 19.0 Å². The van der Waals surface area contributed by atoms with Gasteiger partial charge in [-0.05, 0) is 31.0 Å². The number of benzene rings is 1. The zero-order valence-electron chi connectivity index (χ0n) is 15.7. The van der Waals surface area contributed by atoms with E-state index in [0.717, 1.165) is 19.3 Å². The number of hydrogen-bond acceptors (Lipinski definition) is 6. The number of hydrogen-bond donors (Lipinski definition) is 2. The number of carbonyl (C=O) groups excluding carboxylic acids is 1. The van der Waals surface area contributed by atoms with E-state index in [9.17, 15) is 14.3 Å². The Bertz CT molecular complexity index is 821. The fraction of sp³-hybridized carbons (Fsp3) is 0.474. The third-order valence-electron chi connectivity index (χ3n) is 4.95. The van der Waals surface area contributed by atoms with Gasteiger partial charge in [0.1, 0.15) is 5.56 Å². The van der Waals surface area contributed by atoms with E-state index >= 15 is 0 Å². The van der Waals surface area contributed by atoms with Crippen molar-refractivity contribution >= 4 is 11.7 Å². The Labute approximate surface area is 157 Å². The van der Waals surface area contributed by atoms with Crippen molar-refractivity contribution in [3.05, 3.63) is 29.6 Å². The number of anilines is 1. The number of aliphatic hydroxyl groups is 1. The fourth-order valence-electron chi connectivity index (χ4n) is 3.48. The number of aliphatic hydroxyl groups excluding tert-OH is 1. The SMILES string of the molecule is COc1cc(-c2onc(N(C)C)c2C(=O)NC2CCCC2CO)ccc1F. The van der Waals surface area contributed by atoms with Crippen LogP contribution in [0.15, 0.2) is 22.7 Å². The summed E-state index contributed by atoms with van der Waals surface area (Å²) in [7, 11) is 4.89. The number of rotatable bonds is 6. The normalized spacial score (nSPS) is 19.1. The maximum Gasteiger partial charge on any atom is 0.259 e. The van der Waals surface area contributed by atoms with Gasteiger partial charge in [-0.25, -0.2) is 4.39 Å². The lowest BCUT2D eigenvalue weighted by molar-refractivity contribution is 0.0917. The Balaban J connectivity index is 1.98. The molecule has 27 heavy (non-hydrogen) atoms. The zero-order valence-corrected chi connectivity index (χ0v) is 15.7. The minimum Gasteiger partial charge on any atom is -0.494 e. The van der Waals surface area contributed by atoms with Crippen LogP contribution in [-0.4, -0.2) is 50.0 Å². The molecule has 3 rings (SSSR count). The molecule has 2 N–H and O–H groups in total. The Hall–Kier alpha value is -2.61. The van der Waals surface area contributed by atoms with Gasteiger partial charge in [-0.15, -0.1) is 0 Å². The molecule has 2 unspecified atom stereocenters. The van der Waals surface area contributed by atoms with Gasteiger partial charge in [0.2, 0.25) is 0 Å². The lowest BCUT2D eigenvalue weighted by Gasteiger charge is -2.20. The van der Waals surface area contributed by atoms with E-state index in [2.05, 4.69) is 10.5 Å². The van der Waals surface area contributed by atoms with Crippen LogP contribution in [0.2, 0.25) is 0 Å². The average molecular weight is 377 g/mol. The summed E-state index contributed by atoms with van der Waals surface area (Å²) in [5, 5.41) is 16.5. The number of carbonyl (C=O) groups is 1. The minimum absolute atomic E-state index is 0.0388. The van der Waals surface area contributed by atoms with Crippen LogP contribution in [0, 0.1) is 11.7 Å². The predicted molar refractivity (Wildman–Crippen MR) is 98.5 cm³/mol. The van der Waals surface area contributed by atoms with Crippen molar-refractivity contribution in [3.63, 3.8) is 0 Å². The van der Waals surface area contributed by atoms with Crippen molar-refractivity contribution in [2.24, 2.45) is 5.92 Å². The fourth-order valence-corrected chi connectivity index (χ4v) is 3.48. The lowest BCUT2D eigenvalue weighted by atomic mass is 10.0. The first-order valence-corrected chi connectivity index (χ1v) is 8.88. The molecule has 0 spiro atoms. The standard InChI is InChI=1S/C19H24FN3O4/c1-23(2)18-16(19(25)21-14-6-4-5-12(14)10-24)17(27-22-18)11-7-8-13(20)15(9-11)26-3/h7-9,12,14,24H,4-6,10H2,1-3H3,(H,21,25). The highest BCUT2D eigenvalue weighted by molar-refractivity contribution is 6.04. The zero-order chi connectivity index (χ0) is 19.6. The molecule has 0 saturated heterocycles. The van der Waals surface area contributed by atoms with Crippen molar-refractivity contribution in [3.8, 4) is 17.1 Å². The summed E-state index contributed by atoms with van der Waals surface area (Å²) in [6.07, 6.45) is 2.66. The Morgan fingerprint density at radius 3 is 2.89 bits per heavy atom. The molecule has 1 fully saturated rings. The van der Waals surface area contributed by atoms with E-state index in [1.807, 2.05) is 0 Å². The molecule has 1 aromatic carbocycles. The molecule has 1 heterocycles. The van der Waals surface area contributed by atoms with Crippen LogP contribution in [0.25, 0.3) is 11.3 Å². The molecule has 1 aliphatic carbocycles. The first-order chi connectivity index (χ1) is 13.0. The Kier molecular flexibility index (Phi) is 5.65. The van der Waals surface area contributed by atoms with Crippen LogP contribution in [0.3, 0.4) is 0 Å². The Morgan fingerprint density at radius 1 is 1.44 bits per heavy atom. The first kappa shape index (κ1) is 19.2. The predicted octanol–water partition coefficient (Wildman–Crippen LogP) is 2.45. The Morgan fingerprint density at radius 2 is 2.22 bits per heavy atom. The highest BCUT2D eigenvalue weighted by Gasteiger charge is 2.32. The van der Waals surface area contributed by atoms with Crippen LogP contribution in [0.5, 0.6) is 5.75 Å². The quantitative estimate of drug-likeness (QED) is 0.804. The minimum atomic E-state index is -0.503. The number of ether oxygens (including phenoxy) is 1.